The number of aliphatic hydroxyl groups excluding tert-OH is 1. The Morgan fingerprint density at radius 1 is 1.50 bits per heavy atom. The quantitative estimate of drug-likeness (QED) is 0.839. The third kappa shape index (κ3) is 4.38. The van der Waals surface area contributed by atoms with E-state index in [0.717, 1.165) is 40.8 Å². The highest BCUT2D eigenvalue weighted by atomic mass is 32.1. The number of β-amino-alcohol motifs (C(OH)–C–C–N with tert-alkyl or cyclic N) is 1. The zero-order valence-electron chi connectivity index (χ0n) is 13.9. The molecule has 2 atom stereocenters. The molecular weight excluding hydrogens is 344 g/mol. The highest BCUT2D eigenvalue weighted by Gasteiger charge is 2.29. The Bertz CT molecular complexity index is 686. The van der Waals surface area contributed by atoms with Gasteiger partial charge in [-0.2, -0.15) is 0 Å². The molecule has 130 valence electrons. The van der Waals surface area contributed by atoms with Gasteiger partial charge >= 0.3 is 0 Å². The summed E-state index contributed by atoms with van der Waals surface area (Å²) in [4.78, 5) is 24.1. The maximum atomic E-state index is 12.3. The highest BCUT2D eigenvalue weighted by Crippen LogP contribution is 2.19. The normalized spacial score (nSPS) is 21.8. The summed E-state index contributed by atoms with van der Waals surface area (Å²) < 4.78 is 0. The summed E-state index contributed by atoms with van der Waals surface area (Å²) >= 11 is 3.14. The van der Waals surface area contributed by atoms with Crippen LogP contribution in [0.15, 0.2) is 10.9 Å². The first-order valence-corrected chi connectivity index (χ1v) is 9.77. The van der Waals surface area contributed by atoms with E-state index in [1.807, 2.05) is 24.7 Å². The molecule has 0 aliphatic carbocycles. The van der Waals surface area contributed by atoms with Gasteiger partial charge in [0.05, 0.1) is 40.5 Å². The highest BCUT2D eigenvalue weighted by molar-refractivity contribution is 7.11. The van der Waals surface area contributed by atoms with Crippen molar-refractivity contribution in [2.75, 3.05) is 13.1 Å². The van der Waals surface area contributed by atoms with Crippen LogP contribution in [0.2, 0.25) is 0 Å². The minimum absolute atomic E-state index is 0.0428. The van der Waals surface area contributed by atoms with Gasteiger partial charge in [0, 0.05) is 29.9 Å². The Hall–Kier alpha value is -1.35. The van der Waals surface area contributed by atoms with E-state index in [9.17, 15) is 9.90 Å². The molecule has 1 fully saturated rings. The molecule has 0 saturated carbocycles. The number of likely N-dealkylation sites (tertiary alicyclic amines) is 1. The van der Waals surface area contributed by atoms with Crippen molar-refractivity contribution in [3.05, 3.63) is 32.2 Å². The Labute approximate surface area is 149 Å². The molecule has 1 aliphatic rings. The van der Waals surface area contributed by atoms with Gasteiger partial charge in [-0.15, -0.1) is 22.7 Å². The van der Waals surface area contributed by atoms with Crippen molar-refractivity contribution < 1.29 is 9.90 Å². The van der Waals surface area contributed by atoms with Crippen LogP contribution >= 0.6 is 22.7 Å². The van der Waals surface area contributed by atoms with Gasteiger partial charge < -0.3 is 10.4 Å². The van der Waals surface area contributed by atoms with Gasteiger partial charge in [0.1, 0.15) is 0 Å². The smallest absolute Gasteiger partial charge is 0.225 e. The number of carbonyl (C=O) groups excluding carboxylic acids is 1. The predicted molar refractivity (Wildman–Crippen MR) is 95.2 cm³/mol. The van der Waals surface area contributed by atoms with Crippen LogP contribution in [0.5, 0.6) is 0 Å². The molecule has 0 spiro atoms. The van der Waals surface area contributed by atoms with E-state index in [1.165, 1.54) is 0 Å². The van der Waals surface area contributed by atoms with Gasteiger partial charge in [-0.25, -0.2) is 9.97 Å². The molecule has 1 amide bonds. The van der Waals surface area contributed by atoms with E-state index >= 15 is 0 Å². The molecule has 1 saturated heterocycles. The first-order chi connectivity index (χ1) is 11.5. The van der Waals surface area contributed by atoms with Gasteiger partial charge in [0.25, 0.3) is 0 Å². The summed E-state index contributed by atoms with van der Waals surface area (Å²) in [5.41, 5.74) is 3.78. The summed E-state index contributed by atoms with van der Waals surface area (Å²) in [6.45, 7) is 6.03. The lowest BCUT2D eigenvalue weighted by Crippen LogP contribution is -2.54. The molecule has 2 aromatic rings. The molecule has 0 unspecified atom stereocenters. The van der Waals surface area contributed by atoms with E-state index in [4.69, 9.17) is 0 Å². The van der Waals surface area contributed by atoms with Crippen molar-refractivity contribution in [2.24, 2.45) is 0 Å². The Morgan fingerprint density at radius 3 is 2.96 bits per heavy atom. The number of hydrogen-bond donors (Lipinski definition) is 2. The van der Waals surface area contributed by atoms with Crippen molar-refractivity contribution in [2.45, 2.75) is 45.4 Å². The maximum Gasteiger partial charge on any atom is 0.225 e. The second-order valence-corrected chi connectivity index (χ2v) is 8.17. The maximum absolute atomic E-state index is 12.3. The monoisotopic (exact) mass is 366 g/mol. The number of carbonyl (C=O) groups is 1. The Balaban J connectivity index is 1.49. The summed E-state index contributed by atoms with van der Waals surface area (Å²) in [6.07, 6.45) is 0.534. The average Bonchev–Trinajstić information content (AvgIpc) is 3.12. The van der Waals surface area contributed by atoms with Gasteiger partial charge in [0.2, 0.25) is 5.91 Å². The number of aryl methyl sites for hydroxylation is 2. The molecule has 0 aromatic carbocycles. The van der Waals surface area contributed by atoms with Crippen LogP contribution in [0.25, 0.3) is 0 Å². The van der Waals surface area contributed by atoms with Crippen molar-refractivity contribution in [3.8, 4) is 0 Å². The number of rotatable bonds is 5. The molecule has 8 heteroatoms. The number of thiazole rings is 2. The van der Waals surface area contributed by atoms with E-state index in [1.54, 1.807) is 22.7 Å². The third-order valence-corrected chi connectivity index (χ3v) is 5.91. The largest absolute Gasteiger partial charge is 0.390 e. The molecule has 3 rings (SSSR count). The van der Waals surface area contributed by atoms with E-state index in [-0.39, 0.29) is 11.9 Å². The molecular formula is C16H22N4O2S2. The zero-order chi connectivity index (χ0) is 17.1. The molecule has 6 nitrogen and oxygen atoms in total. The number of aliphatic hydroxyl groups is 1. The Morgan fingerprint density at radius 2 is 2.33 bits per heavy atom. The number of amides is 1. The SMILES string of the molecule is Cc1nc(C)c(CC(=O)N[C@@H]2CCN(Cc3cscn3)C[C@H]2O)s1. The lowest BCUT2D eigenvalue weighted by atomic mass is 10.0. The number of piperidine rings is 1. The van der Waals surface area contributed by atoms with Crippen molar-refractivity contribution in [1.82, 2.24) is 20.2 Å². The zero-order valence-corrected chi connectivity index (χ0v) is 15.5. The fourth-order valence-electron chi connectivity index (χ4n) is 2.99. The summed E-state index contributed by atoms with van der Waals surface area (Å²) in [7, 11) is 0. The van der Waals surface area contributed by atoms with Gasteiger partial charge in [-0.05, 0) is 20.3 Å². The lowest BCUT2D eigenvalue weighted by molar-refractivity contribution is -0.122. The van der Waals surface area contributed by atoms with Crippen LogP contribution in [-0.4, -0.2) is 51.1 Å². The number of nitrogens with zero attached hydrogens (tertiary/aromatic N) is 3. The first kappa shape index (κ1) is 17.5. The van der Waals surface area contributed by atoms with E-state index in [2.05, 4.69) is 20.2 Å². The lowest BCUT2D eigenvalue weighted by Gasteiger charge is -2.35. The first-order valence-electron chi connectivity index (χ1n) is 8.01. The van der Waals surface area contributed by atoms with Crippen molar-refractivity contribution in [1.29, 1.82) is 0 Å². The topological polar surface area (TPSA) is 78.4 Å². The fourth-order valence-corrected chi connectivity index (χ4v) is 4.48. The minimum Gasteiger partial charge on any atom is -0.390 e. The van der Waals surface area contributed by atoms with Crippen molar-refractivity contribution in [3.63, 3.8) is 0 Å². The van der Waals surface area contributed by atoms with Gasteiger partial charge in [-0.3, -0.25) is 9.69 Å². The minimum atomic E-state index is -0.550. The molecule has 2 N–H and O–H groups in total. The third-order valence-electron chi connectivity index (χ3n) is 4.20. The molecule has 0 bridgehead atoms. The molecule has 1 aliphatic heterocycles. The number of hydrogen-bond acceptors (Lipinski definition) is 7. The second-order valence-electron chi connectivity index (χ2n) is 6.16. The number of aromatic nitrogens is 2. The van der Waals surface area contributed by atoms with Crippen LogP contribution in [0.1, 0.15) is 27.7 Å². The van der Waals surface area contributed by atoms with Crippen LogP contribution < -0.4 is 5.32 Å². The molecule has 0 radical (unpaired) electrons. The van der Waals surface area contributed by atoms with Crippen LogP contribution in [0.4, 0.5) is 0 Å². The second kappa shape index (κ2) is 7.69. The van der Waals surface area contributed by atoms with Crippen LogP contribution in [0.3, 0.4) is 0 Å². The van der Waals surface area contributed by atoms with Gasteiger partial charge in [0.15, 0.2) is 0 Å². The molecule has 2 aromatic heterocycles. The molecule has 24 heavy (non-hydrogen) atoms. The fraction of sp³-hybridized carbons (Fsp3) is 0.562. The Kier molecular flexibility index (Phi) is 5.60. The standard InChI is InChI=1S/C16H22N4O2S2/c1-10-15(24-11(2)18-10)5-16(22)19-13-3-4-20(7-14(13)21)6-12-8-23-9-17-12/h8-9,13-14,21H,3-7H2,1-2H3,(H,19,22)/t13-,14-/m1/s1. The summed E-state index contributed by atoms with van der Waals surface area (Å²) in [6, 6.07) is -0.182. The van der Waals surface area contributed by atoms with Crippen molar-refractivity contribution >= 4 is 28.6 Å². The van der Waals surface area contributed by atoms with Crippen LogP contribution in [-0.2, 0) is 17.8 Å². The molecule has 3 heterocycles. The average molecular weight is 367 g/mol. The van der Waals surface area contributed by atoms with Crippen LogP contribution in [0, 0.1) is 13.8 Å². The summed E-state index contributed by atoms with van der Waals surface area (Å²) in [5, 5.41) is 16.3. The predicted octanol–water partition coefficient (Wildman–Crippen LogP) is 1.51. The van der Waals surface area contributed by atoms with E-state index in [0.29, 0.717) is 13.0 Å². The summed E-state index contributed by atoms with van der Waals surface area (Å²) in [5.74, 6) is -0.0428. The van der Waals surface area contributed by atoms with E-state index < -0.39 is 6.10 Å². The number of nitrogens with one attached hydrogen (secondary N) is 1. The van der Waals surface area contributed by atoms with Gasteiger partial charge in [-0.1, -0.05) is 0 Å².